The molecule has 4 nitrogen and oxygen atoms in total. The van der Waals surface area contributed by atoms with Gasteiger partial charge in [0.25, 0.3) is 5.91 Å². The van der Waals surface area contributed by atoms with Crippen molar-refractivity contribution >= 4 is 16.9 Å². The molecule has 1 aromatic carbocycles. The highest BCUT2D eigenvalue weighted by Crippen LogP contribution is 2.30. The van der Waals surface area contributed by atoms with E-state index < -0.39 is 12.0 Å². The predicted molar refractivity (Wildman–Crippen MR) is 63.7 cm³/mol. The van der Waals surface area contributed by atoms with Crippen LogP contribution in [0.2, 0.25) is 0 Å². The quantitative estimate of drug-likeness (QED) is 0.798. The van der Waals surface area contributed by atoms with Gasteiger partial charge in [-0.1, -0.05) is 0 Å². The third kappa shape index (κ3) is 2.27. The molecule has 0 fully saturated rings. The number of hydrogen-bond donors (Lipinski definition) is 0. The Morgan fingerprint density at radius 1 is 1.32 bits per heavy atom. The molecule has 7 heteroatoms. The van der Waals surface area contributed by atoms with Crippen molar-refractivity contribution in [3.8, 4) is 0 Å². The Labute approximate surface area is 107 Å². The zero-order valence-corrected chi connectivity index (χ0v) is 10.6. The molecule has 102 valence electrons. The van der Waals surface area contributed by atoms with Gasteiger partial charge in [0, 0.05) is 26.7 Å². The molecule has 0 atom stereocenters. The van der Waals surface area contributed by atoms with E-state index in [9.17, 15) is 18.0 Å². The van der Waals surface area contributed by atoms with Gasteiger partial charge in [-0.05, 0) is 18.2 Å². The molecule has 0 spiro atoms. The van der Waals surface area contributed by atoms with Gasteiger partial charge in [0.1, 0.15) is 0 Å². The van der Waals surface area contributed by atoms with Crippen molar-refractivity contribution in [3.05, 3.63) is 29.6 Å². The molecule has 0 bridgehead atoms. The second-order valence-electron chi connectivity index (χ2n) is 4.40. The lowest BCUT2D eigenvalue weighted by atomic mass is 10.2. The summed E-state index contributed by atoms with van der Waals surface area (Å²) in [6.07, 6.45) is -4.51. The Balaban J connectivity index is 2.61. The van der Waals surface area contributed by atoms with Gasteiger partial charge in [0.15, 0.2) is 0 Å². The molecule has 1 aromatic heterocycles. The fourth-order valence-electron chi connectivity index (χ4n) is 1.83. The number of carbonyl (C=O) groups excluding carboxylic acids is 1. The normalized spacial score (nSPS) is 11.9. The van der Waals surface area contributed by atoms with E-state index in [4.69, 9.17) is 0 Å². The summed E-state index contributed by atoms with van der Waals surface area (Å²) in [5.74, 6) is -1.24. The van der Waals surface area contributed by atoms with Crippen LogP contribution in [-0.4, -0.2) is 34.5 Å². The van der Waals surface area contributed by atoms with Crippen molar-refractivity contribution in [3.63, 3.8) is 0 Å². The molecule has 1 amide bonds. The summed E-state index contributed by atoms with van der Waals surface area (Å²) in [6, 6.07) is 4.30. The Morgan fingerprint density at radius 3 is 2.47 bits per heavy atom. The van der Waals surface area contributed by atoms with Crippen LogP contribution in [0.15, 0.2) is 18.2 Å². The van der Waals surface area contributed by atoms with Crippen molar-refractivity contribution in [2.75, 3.05) is 14.1 Å². The number of aromatic nitrogens is 2. The second kappa shape index (κ2) is 4.25. The molecule has 0 saturated heterocycles. The minimum Gasteiger partial charge on any atom is -0.345 e. The summed E-state index contributed by atoms with van der Waals surface area (Å²) in [4.78, 5) is 16.7. The highest BCUT2D eigenvalue weighted by Gasteiger charge is 2.36. The molecule has 1 heterocycles. The fraction of sp³-hybridized carbons (Fsp3) is 0.333. The summed E-state index contributed by atoms with van der Waals surface area (Å²) < 4.78 is 39.1. The van der Waals surface area contributed by atoms with Crippen LogP contribution in [0.25, 0.3) is 11.0 Å². The van der Waals surface area contributed by atoms with Crippen molar-refractivity contribution < 1.29 is 18.0 Å². The van der Waals surface area contributed by atoms with Gasteiger partial charge >= 0.3 is 6.18 Å². The number of aryl methyl sites for hydroxylation is 1. The van der Waals surface area contributed by atoms with Crippen molar-refractivity contribution in [2.45, 2.75) is 6.18 Å². The van der Waals surface area contributed by atoms with Crippen LogP contribution in [0.5, 0.6) is 0 Å². The highest BCUT2D eigenvalue weighted by molar-refractivity contribution is 5.97. The zero-order valence-electron chi connectivity index (χ0n) is 10.6. The van der Waals surface area contributed by atoms with Crippen LogP contribution >= 0.6 is 0 Å². The largest absolute Gasteiger partial charge is 0.449 e. The Morgan fingerprint density at radius 2 is 1.95 bits per heavy atom. The lowest BCUT2D eigenvalue weighted by Crippen LogP contribution is -2.21. The molecule has 0 N–H and O–H groups in total. The first-order valence-electron chi connectivity index (χ1n) is 5.47. The number of carbonyl (C=O) groups is 1. The predicted octanol–water partition coefficient (Wildman–Crippen LogP) is 2.29. The zero-order chi connectivity index (χ0) is 14.4. The Hall–Kier alpha value is -2.05. The molecule has 0 aliphatic carbocycles. The van der Waals surface area contributed by atoms with Crippen molar-refractivity contribution in [1.82, 2.24) is 14.5 Å². The molecular formula is C12H12F3N3O. The van der Waals surface area contributed by atoms with Crippen molar-refractivity contribution in [2.24, 2.45) is 7.05 Å². The van der Waals surface area contributed by atoms with E-state index >= 15 is 0 Å². The van der Waals surface area contributed by atoms with E-state index in [0.717, 1.165) is 4.57 Å². The van der Waals surface area contributed by atoms with Crippen LogP contribution in [0, 0.1) is 0 Å². The van der Waals surface area contributed by atoms with Crippen LogP contribution in [0.3, 0.4) is 0 Å². The van der Waals surface area contributed by atoms with Gasteiger partial charge in [0.05, 0.1) is 11.0 Å². The van der Waals surface area contributed by atoms with E-state index in [1.807, 2.05) is 0 Å². The maximum Gasteiger partial charge on any atom is 0.449 e. The van der Waals surface area contributed by atoms with Gasteiger partial charge in [-0.15, -0.1) is 0 Å². The van der Waals surface area contributed by atoms with E-state index in [-0.39, 0.29) is 16.9 Å². The van der Waals surface area contributed by atoms with Gasteiger partial charge < -0.3 is 9.47 Å². The van der Waals surface area contributed by atoms with Crippen LogP contribution in [0.4, 0.5) is 13.2 Å². The third-order valence-corrected chi connectivity index (χ3v) is 2.79. The molecule has 0 radical (unpaired) electrons. The van der Waals surface area contributed by atoms with Crippen LogP contribution in [0.1, 0.15) is 16.2 Å². The van der Waals surface area contributed by atoms with Gasteiger partial charge in [-0.3, -0.25) is 4.79 Å². The van der Waals surface area contributed by atoms with E-state index in [2.05, 4.69) is 4.98 Å². The summed E-state index contributed by atoms with van der Waals surface area (Å²) >= 11 is 0. The number of amides is 1. The summed E-state index contributed by atoms with van der Waals surface area (Å²) in [5, 5.41) is 0. The summed E-state index contributed by atoms with van der Waals surface area (Å²) in [7, 11) is 4.44. The molecule has 0 saturated carbocycles. The number of halogens is 3. The Kier molecular flexibility index (Phi) is 3.00. The minimum atomic E-state index is -4.51. The Bertz CT molecular complexity index is 643. The first kappa shape index (κ1) is 13.4. The average Bonchev–Trinajstić information content (AvgIpc) is 2.65. The third-order valence-electron chi connectivity index (χ3n) is 2.79. The lowest BCUT2D eigenvalue weighted by molar-refractivity contribution is -0.146. The van der Waals surface area contributed by atoms with E-state index in [0.29, 0.717) is 5.56 Å². The SMILES string of the molecule is CN(C)C(=O)c1ccc2nc(C(F)(F)F)n(C)c2c1. The van der Waals surface area contributed by atoms with Gasteiger partial charge in [-0.25, -0.2) is 4.98 Å². The summed E-state index contributed by atoms with van der Waals surface area (Å²) in [6.45, 7) is 0. The standard InChI is InChI=1S/C12H12F3N3O/c1-17(2)10(19)7-4-5-8-9(6-7)18(3)11(16-8)12(13,14)15/h4-6H,1-3H3. The van der Waals surface area contributed by atoms with Crippen LogP contribution in [-0.2, 0) is 13.2 Å². The molecule has 0 aliphatic rings. The maximum absolute atomic E-state index is 12.7. The minimum absolute atomic E-state index is 0.213. The first-order valence-corrected chi connectivity index (χ1v) is 5.47. The fourth-order valence-corrected chi connectivity index (χ4v) is 1.83. The molecule has 0 aliphatic heterocycles. The smallest absolute Gasteiger partial charge is 0.345 e. The van der Waals surface area contributed by atoms with Crippen molar-refractivity contribution in [1.29, 1.82) is 0 Å². The van der Waals surface area contributed by atoms with Crippen LogP contribution < -0.4 is 0 Å². The highest BCUT2D eigenvalue weighted by atomic mass is 19.4. The second-order valence-corrected chi connectivity index (χ2v) is 4.40. The summed E-state index contributed by atoms with van der Waals surface area (Å²) in [5.41, 5.74) is 0.819. The topological polar surface area (TPSA) is 38.1 Å². The lowest BCUT2D eigenvalue weighted by Gasteiger charge is -2.10. The molecule has 2 aromatic rings. The average molecular weight is 271 g/mol. The molecule has 2 rings (SSSR count). The monoisotopic (exact) mass is 271 g/mol. The number of benzene rings is 1. The number of nitrogens with zero attached hydrogens (tertiary/aromatic N) is 3. The molecular weight excluding hydrogens is 259 g/mol. The molecule has 19 heavy (non-hydrogen) atoms. The maximum atomic E-state index is 12.7. The number of alkyl halides is 3. The number of fused-ring (bicyclic) bond motifs is 1. The molecule has 0 unspecified atom stereocenters. The van der Waals surface area contributed by atoms with Gasteiger partial charge in [-0.2, -0.15) is 13.2 Å². The number of hydrogen-bond acceptors (Lipinski definition) is 2. The number of rotatable bonds is 1. The number of imidazole rings is 1. The van der Waals surface area contributed by atoms with Gasteiger partial charge in [0.2, 0.25) is 5.82 Å². The first-order chi connectivity index (χ1) is 8.71. The van der Waals surface area contributed by atoms with E-state index in [1.165, 1.54) is 30.1 Å². The van der Waals surface area contributed by atoms with E-state index in [1.54, 1.807) is 14.1 Å².